The molecule has 1 N–H and O–H groups in total. The van der Waals surface area contributed by atoms with E-state index >= 15 is 0 Å². The summed E-state index contributed by atoms with van der Waals surface area (Å²) in [5, 5.41) is 4.50. The van der Waals surface area contributed by atoms with E-state index in [9.17, 15) is 14.4 Å². The van der Waals surface area contributed by atoms with Crippen molar-refractivity contribution in [1.29, 1.82) is 0 Å². The Hall–Kier alpha value is -3.04. The van der Waals surface area contributed by atoms with E-state index in [1.54, 1.807) is 34.6 Å². The van der Waals surface area contributed by atoms with Gasteiger partial charge in [0.05, 0.1) is 23.3 Å². The van der Waals surface area contributed by atoms with Gasteiger partial charge in [-0.15, -0.1) is 0 Å². The molecular formula is C25H27ClN4O4S. The lowest BCUT2D eigenvalue weighted by Crippen LogP contribution is -2.41. The van der Waals surface area contributed by atoms with Crippen molar-refractivity contribution in [2.45, 2.75) is 37.5 Å². The number of fused-ring (bicyclic) bond motifs is 1. The quantitative estimate of drug-likeness (QED) is 0.374. The third-order valence-corrected chi connectivity index (χ3v) is 7.22. The fraction of sp³-hybridized carbons (Fsp3) is 0.360. The molecular weight excluding hydrogens is 488 g/mol. The number of piperidine rings is 1. The van der Waals surface area contributed by atoms with Crippen LogP contribution in [0.4, 0.5) is 4.79 Å². The molecule has 2 aromatic carbocycles. The highest BCUT2D eigenvalue weighted by atomic mass is 35.5. The van der Waals surface area contributed by atoms with Crippen LogP contribution in [0.3, 0.4) is 0 Å². The predicted octanol–water partition coefficient (Wildman–Crippen LogP) is 4.25. The van der Waals surface area contributed by atoms with E-state index in [0.717, 1.165) is 5.56 Å². The van der Waals surface area contributed by atoms with Crippen molar-refractivity contribution in [2.75, 3.05) is 25.4 Å². The lowest BCUT2D eigenvalue weighted by molar-refractivity contribution is -0.118. The second-order valence-corrected chi connectivity index (χ2v) is 9.51. The van der Waals surface area contributed by atoms with Gasteiger partial charge >= 0.3 is 6.09 Å². The largest absolute Gasteiger partial charge is 0.450 e. The highest BCUT2D eigenvalue weighted by molar-refractivity contribution is 7.99. The molecule has 0 aliphatic carbocycles. The predicted molar refractivity (Wildman–Crippen MR) is 137 cm³/mol. The summed E-state index contributed by atoms with van der Waals surface area (Å²) < 4.78 is 6.80. The lowest BCUT2D eigenvalue weighted by atomic mass is 10.0. The monoisotopic (exact) mass is 514 g/mol. The number of halogens is 1. The van der Waals surface area contributed by atoms with E-state index in [4.69, 9.17) is 21.3 Å². The number of hydrogen-bond acceptors (Lipinski definition) is 6. The number of carbonyl (C=O) groups is 2. The van der Waals surface area contributed by atoms with Crippen LogP contribution < -0.4 is 10.9 Å². The van der Waals surface area contributed by atoms with Gasteiger partial charge in [-0.25, -0.2) is 9.78 Å². The first-order valence-corrected chi connectivity index (χ1v) is 12.9. The van der Waals surface area contributed by atoms with Crippen LogP contribution in [-0.4, -0.2) is 51.9 Å². The smallest absolute Gasteiger partial charge is 0.409 e. The SMILES string of the molecule is CCOC(=O)N1CCC(n2c(SCC(=O)NCc3ccccc3Cl)nc3ccccc3c2=O)CC1. The molecule has 10 heteroatoms. The van der Waals surface area contributed by atoms with Gasteiger partial charge in [-0.1, -0.05) is 53.7 Å². The van der Waals surface area contributed by atoms with Crippen LogP contribution >= 0.6 is 23.4 Å². The molecule has 0 unspecified atom stereocenters. The number of para-hydroxylation sites is 1. The molecule has 2 amide bonds. The highest BCUT2D eigenvalue weighted by Crippen LogP contribution is 2.28. The van der Waals surface area contributed by atoms with Gasteiger partial charge in [0, 0.05) is 30.7 Å². The fourth-order valence-corrected chi connectivity index (χ4v) is 5.19. The molecule has 1 fully saturated rings. The van der Waals surface area contributed by atoms with E-state index < -0.39 is 0 Å². The summed E-state index contributed by atoms with van der Waals surface area (Å²) in [6.45, 7) is 3.41. The van der Waals surface area contributed by atoms with Gasteiger partial charge in [0.2, 0.25) is 5.91 Å². The van der Waals surface area contributed by atoms with E-state index in [-0.39, 0.29) is 29.4 Å². The second kappa shape index (κ2) is 11.6. The maximum absolute atomic E-state index is 13.4. The molecule has 1 aliphatic rings. The fourth-order valence-electron chi connectivity index (χ4n) is 4.09. The summed E-state index contributed by atoms with van der Waals surface area (Å²) in [6.07, 6.45) is 0.871. The van der Waals surface area contributed by atoms with Gasteiger partial charge in [0.25, 0.3) is 5.56 Å². The zero-order chi connectivity index (χ0) is 24.8. The molecule has 1 aliphatic heterocycles. The van der Waals surface area contributed by atoms with Gasteiger partial charge in [0.1, 0.15) is 0 Å². The van der Waals surface area contributed by atoms with Crippen LogP contribution in [0.5, 0.6) is 0 Å². The van der Waals surface area contributed by atoms with Crippen molar-refractivity contribution < 1.29 is 14.3 Å². The summed E-state index contributed by atoms with van der Waals surface area (Å²) in [4.78, 5) is 44.5. The Labute approximate surface area is 212 Å². The standard InChI is InChI=1S/C25H27ClN4O4S/c1-2-34-25(33)29-13-11-18(12-14-29)30-23(32)19-8-4-6-10-21(19)28-24(30)35-16-22(31)27-15-17-7-3-5-9-20(17)26/h3-10,18H,2,11-16H2,1H3,(H,27,31). The molecule has 184 valence electrons. The highest BCUT2D eigenvalue weighted by Gasteiger charge is 2.27. The number of carbonyl (C=O) groups excluding carboxylic acids is 2. The number of hydrogen-bond donors (Lipinski definition) is 1. The molecule has 35 heavy (non-hydrogen) atoms. The molecule has 2 heterocycles. The van der Waals surface area contributed by atoms with Crippen LogP contribution in [0, 0.1) is 0 Å². The minimum atomic E-state index is -0.334. The van der Waals surface area contributed by atoms with Crippen LogP contribution in [-0.2, 0) is 16.1 Å². The van der Waals surface area contributed by atoms with Gasteiger partial charge in [-0.3, -0.25) is 14.2 Å². The summed E-state index contributed by atoms with van der Waals surface area (Å²) in [5.41, 5.74) is 1.29. The second-order valence-electron chi connectivity index (χ2n) is 8.16. The van der Waals surface area contributed by atoms with Gasteiger partial charge < -0.3 is 15.0 Å². The number of rotatable bonds is 7. The van der Waals surface area contributed by atoms with Crippen LogP contribution in [0.15, 0.2) is 58.5 Å². The number of amides is 2. The number of nitrogens with zero attached hydrogens (tertiary/aromatic N) is 3. The Balaban J connectivity index is 1.50. The van der Waals surface area contributed by atoms with Crippen LogP contribution in [0.2, 0.25) is 5.02 Å². The average Bonchev–Trinajstić information content (AvgIpc) is 2.87. The van der Waals surface area contributed by atoms with E-state index in [0.29, 0.717) is 60.2 Å². The average molecular weight is 515 g/mol. The van der Waals surface area contributed by atoms with Gasteiger partial charge in [-0.05, 0) is 43.5 Å². The molecule has 0 saturated carbocycles. The first-order valence-electron chi connectivity index (χ1n) is 11.5. The van der Waals surface area contributed by atoms with Crippen molar-refractivity contribution >= 4 is 46.3 Å². The molecule has 1 aromatic heterocycles. The van der Waals surface area contributed by atoms with Gasteiger partial charge in [0.15, 0.2) is 5.16 Å². The Bertz CT molecular complexity index is 1270. The summed E-state index contributed by atoms with van der Waals surface area (Å²) in [5.74, 6) is -0.0716. The van der Waals surface area contributed by atoms with Crippen molar-refractivity contribution in [1.82, 2.24) is 19.8 Å². The van der Waals surface area contributed by atoms with Crippen LogP contribution in [0.1, 0.15) is 31.4 Å². The third kappa shape index (κ3) is 5.97. The number of nitrogens with one attached hydrogen (secondary N) is 1. The zero-order valence-corrected chi connectivity index (χ0v) is 21.0. The van der Waals surface area contributed by atoms with Gasteiger partial charge in [-0.2, -0.15) is 0 Å². The normalized spacial score (nSPS) is 14.2. The Morgan fingerprint density at radius 2 is 1.86 bits per heavy atom. The topological polar surface area (TPSA) is 93.5 Å². The van der Waals surface area contributed by atoms with Crippen molar-refractivity contribution in [3.63, 3.8) is 0 Å². The maximum Gasteiger partial charge on any atom is 0.409 e. The van der Waals surface area contributed by atoms with Crippen molar-refractivity contribution in [3.05, 3.63) is 69.5 Å². The number of likely N-dealkylation sites (tertiary alicyclic amines) is 1. The first-order chi connectivity index (χ1) is 17.0. The molecule has 0 spiro atoms. The molecule has 3 aromatic rings. The molecule has 4 rings (SSSR count). The summed E-state index contributed by atoms with van der Waals surface area (Å²) in [6, 6.07) is 14.4. The minimum absolute atomic E-state index is 0.108. The van der Waals surface area contributed by atoms with E-state index in [1.165, 1.54) is 11.8 Å². The molecule has 1 saturated heterocycles. The molecule has 0 radical (unpaired) electrons. The van der Waals surface area contributed by atoms with E-state index in [2.05, 4.69) is 5.32 Å². The Morgan fingerprint density at radius 1 is 1.14 bits per heavy atom. The third-order valence-electron chi connectivity index (χ3n) is 5.90. The number of benzene rings is 2. The Morgan fingerprint density at radius 3 is 2.60 bits per heavy atom. The number of ether oxygens (including phenoxy) is 1. The van der Waals surface area contributed by atoms with Crippen molar-refractivity contribution in [2.24, 2.45) is 0 Å². The molecule has 0 bridgehead atoms. The van der Waals surface area contributed by atoms with Crippen molar-refractivity contribution in [3.8, 4) is 0 Å². The first kappa shape index (κ1) is 25.1. The molecule has 8 nitrogen and oxygen atoms in total. The lowest BCUT2D eigenvalue weighted by Gasteiger charge is -2.33. The zero-order valence-electron chi connectivity index (χ0n) is 19.4. The number of aromatic nitrogens is 2. The maximum atomic E-state index is 13.4. The number of thioether (sulfide) groups is 1. The van der Waals surface area contributed by atoms with E-state index in [1.807, 2.05) is 30.3 Å². The summed E-state index contributed by atoms with van der Waals surface area (Å²) in [7, 11) is 0. The van der Waals surface area contributed by atoms with Crippen LogP contribution in [0.25, 0.3) is 10.9 Å². The summed E-state index contributed by atoms with van der Waals surface area (Å²) >= 11 is 7.40. The molecule has 0 atom stereocenters. The minimum Gasteiger partial charge on any atom is -0.450 e. The Kier molecular flexibility index (Phi) is 8.30.